The maximum atomic E-state index is 12.5. The zero-order valence-corrected chi connectivity index (χ0v) is 18.6. The van der Waals surface area contributed by atoms with Gasteiger partial charge in [-0.15, -0.1) is 0 Å². The Hall–Kier alpha value is -3.79. The van der Waals surface area contributed by atoms with E-state index < -0.39 is 0 Å². The summed E-state index contributed by atoms with van der Waals surface area (Å²) in [5.74, 6) is 1.06. The van der Waals surface area contributed by atoms with Crippen LogP contribution in [0.1, 0.15) is 12.5 Å². The smallest absolute Gasteiger partial charge is 0.310 e. The van der Waals surface area contributed by atoms with E-state index in [0.29, 0.717) is 18.1 Å². The number of methoxy groups -OCH3 is 2. The van der Waals surface area contributed by atoms with Crippen LogP contribution in [0.3, 0.4) is 0 Å². The predicted octanol–water partition coefficient (Wildman–Crippen LogP) is 6.30. The number of rotatable bonds is 7. The zero-order chi connectivity index (χ0) is 22.5. The highest BCUT2D eigenvalue weighted by Gasteiger charge is 2.20. The van der Waals surface area contributed by atoms with Gasteiger partial charge in [0, 0.05) is 0 Å². The fourth-order valence-corrected chi connectivity index (χ4v) is 4.13. The van der Waals surface area contributed by atoms with Gasteiger partial charge in [0.1, 0.15) is 0 Å². The highest BCUT2D eigenvalue weighted by atomic mass is 16.5. The normalized spacial score (nSPS) is 10.7. The van der Waals surface area contributed by atoms with Gasteiger partial charge in [-0.25, -0.2) is 0 Å². The molecule has 0 amide bonds. The van der Waals surface area contributed by atoms with Gasteiger partial charge in [0.25, 0.3) is 0 Å². The second-order valence-corrected chi connectivity index (χ2v) is 7.43. The molecular weight excluding hydrogens is 400 g/mol. The van der Waals surface area contributed by atoms with Gasteiger partial charge in [-0.2, -0.15) is 0 Å². The summed E-state index contributed by atoms with van der Waals surface area (Å²) in [4.78, 5) is 12.5. The summed E-state index contributed by atoms with van der Waals surface area (Å²) in [6.45, 7) is 2.17. The Morgan fingerprint density at radius 1 is 0.750 bits per heavy atom. The Morgan fingerprint density at radius 2 is 1.31 bits per heavy atom. The molecule has 4 aromatic rings. The Balaban J connectivity index is 2.12. The van der Waals surface area contributed by atoms with Gasteiger partial charge in [0.05, 0.1) is 27.2 Å². The van der Waals surface area contributed by atoms with Crippen molar-refractivity contribution in [2.24, 2.45) is 0 Å². The Kier molecular flexibility index (Phi) is 6.41. The number of fused-ring (bicyclic) bond motifs is 1. The van der Waals surface area contributed by atoms with Crippen molar-refractivity contribution in [3.05, 3.63) is 84.4 Å². The molecule has 4 rings (SSSR count). The lowest BCUT2D eigenvalue weighted by Crippen LogP contribution is -2.09. The molecule has 0 saturated carbocycles. The maximum absolute atomic E-state index is 12.5. The second-order valence-electron chi connectivity index (χ2n) is 7.43. The highest BCUT2D eigenvalue weighted by molar-refractivity contribution is 6.07. The maximum Gasteiger partial charge on any atom is 0.310 e. The average Bonchev–Trinajstić information content (AvgIpc) is 2.83. The molecule has 0 spiro atoms. The summed E-state index contributed by atoms with van der Waals surface area (Å²) in [5.41, 5.74) is 5.09. The fourth-order valence-electron chi connectivity index (χ4n) is 4.13. The number of carbonyl (C=O) groups is 1. The van der Waals surface area contributed by atoms with Crippen molar-refractivity contribution in [3.63, 3.8) is 0 Å². The highest BCUT2D eigenvalue weighted by Crippen LogP contribution is 2.44. The molecule has 0 aliphatic heterocycles. The van der Waals surface area contributed by atoms with Crippen LogP contribution in [0.4, 0.5) is 0 Å². The zero-order valence-electron chi connectivity index (χ0n) is 18.6. The minimum atomic E-state index is -0.247. The van der Waals surface area contributed by atoms with Gasteiger partial charge in [-0.3, -0.25) is 4.79 Å². The molecule has 0 N–H and O–H groups in total. The summed E-state index contributed by atoms with van der Waals surface area (Å²) >= 11 is 0. The van der Waals surface area contributed by atoms with E-state index in [1.54, 1.807) is 14.2 Å². The molecule has 4 aromatic carbocycles. The molecular formula is C28H26O4. The molecule has 0 bridgehead atoms. The lowest BCUT2D eigenvalue weighted by Gasteiger charge is -2.20. The molecule has 0 aromatic heterocycles. The number of benzene rings is 4. The number of hydrogen-bond acceptors (Lipinski definition) is 4. The molecule has 0 heterocycles. The molecule has 0 atom stereocenters. The molecule has 0 aliphatic rings. The van der Waals surface area contributed by atoms with E-state index in [1.165, 1.54) is 0 Å². The number of carbonyl (C=O) groups excluding carboxylic acids is 1. The van der Waals surface area contributed by atoms with Crippen LogP contribution in [0.25, 0.3) is 33.0 Å². The van der Waals surface area contributed by atoms with E-state index in [9.17, 15) is 4.79 Å². The third kappa shape index (κ3) is 4.17. The third-order valence-corrected chi connectivity index (χ3v) is 5.49. The van der Waals surface area contributed by atoms with Gasteiger partial charge >= 0.3 is 5.97 Å². The van der Waals surface area contributed by atoms with Gasteiger partial charge in [0.15, 0.2) is 11.5 Å². The molecule has 0 unspecified atom stereocenters. The van der Waals surface area contributed by atoms with Crippen LogP contribution in [-0.2, 0) is 16.0 Å². The number of hydrogen-bond donors (Lipinski definition) is 0. The van der Waals surface area contributed by atoms with Gasteiger partial charge < -0.3 is 14.2 Å². The molecule has 0 aliphatic carbocycles. The Labute approximate surface area is 188 Å². The van der Waals surface area contributed by atoms with Gasteiger partial charge in [-0.1, -0.05) is 60.7 Å². The van der Waals surface area contributed by atoms with E-state index in [-0.39, 0.29) is 12.4 Å². The minimum Gasteiger partial charge on any atom is -0.493 e. The van der Waals surface area contributed by atoms with Crippen LogP contribution >= 0.6 is 0 Å². The number of esters is 1. The molecule has 0 saturated heterocycles. The lowest BCUT2D eigenvalue weighted by molar-refractivity contribution is -0.142. The van der Waals surface area contributed by atoms with E-state index in [2.05, 4.69) is 30.3 Å². The Bertz CT molecular complexity index is 1230. The van der Waals surface area contributed by atoms with Crippen molar-refractivity contribution in [1.82, 2.24) is 0 Å². The summed E-state index contributed by atoms with van der Waals surface area (Å²) < 4.78 is 16.4. The van der Waals surface area contributed by atoms with Crippen LogP contribution < -0.4 is 9.47 Å². The van der Waals surface area contributed by atoms with Crippen molar-refractivity contribution in [1.29, 1.82) is 0 Å². The van der Waals surface area contributed by atoms with Crippen molar-refractivity contribution in [3.8, 4) is 33.8 Å². The first-order valence-corrected chi connectivity index (χ1v) is 10.6. The summed E-state index contributed by atoms with van der Waals surface area (Å²) in [5, 5.41) is 2.00. The Morgan fingerprint density at radius 3 is 1.88 bits per heavy atom. The molecule has 0 fully saturated rings. The first-order valence-electron chi connectivity index (χ1n) is 10.6. The van der Waals surface area contributed by atoms with Crippen molar-refractivity contribution >= 4 is 16.7 Å². The van der Waals surface area contributed by atoms with Crippen molar-refractivity contribution in [2.45, 2.75) is 13.3 Å². The summed E-state index contributed by atoms with van der Waals surface area (Å²) in [7, 11) is 3.26. The van der Waals surface area contributed by atoms with Crippen LogP contribution in [0.2, 0.25) is 0 Å². The standard InChI is InChI=1S/C28H26O4/c1-4-32-26(29)17-22-15-21-16-24(30-2)25(31-3)18-23(21)28(20-13-9-6-10-14-20)27(22)19-11-7-5-8-12-19/h5-16,18H,4,17H2,1-3H3. The van der Waals surface area contributed by atoms with E-state index in [4.69, 9.17) is 14.2 Å². The monoisotopic (exact) mass is 426 g/mol. The summed E-state index contributed by atoms with van der Waals surface area (Å²) in [6, 6.07) is 26.4. The van der Waals surface area contributed by atoms with Crippen LogP contribution in [0, 0.1) is 0 Å². The largest absolute Gasteiger partial charge is 0.493 e. The van der Waals surface area contributed by atoms with E-state index in [1.807, 2.05) is 55.5 Å². The second kappa shape index (κ2) is 9.56. The molecule has 4 nitrogen and oxygen atoms in total. The quantitative estimate of drug-likeness (QED) is 0.326. The first-order chi connectivity index (χ1) is 15.7. The molecule has 4 heteroatoms. The van der Waals surface area contributed by atoms with Crippen molar-refractivity contribution < 1.29 is 19.0 Å². The molecule has 162 valence electrons. The predicted molar refractivity (Wildman–Crippen MR) is 128 cm³/mol. The fraction of sp³-hybridized carbons (Fsp3) is 0.179. The number of ether oxygens (including phenoxy) is 3. The first kappa shape index (κ1) is 21.4. The summed E-state index contributed by atoms with van der Waals surface area (Å²) in [6.07, 6.45) is 0.183. The van der Waals surface area contributed by atoms with Crippen LogP contribution in [0.5, 0.6) is 11.5 Å². The van der Waals surface area contributed by atoms with Crippen LogP contribution in [-0.4, -0.2) is 26.8 Å². The van der Waals surface area contributed by atoms with Gasteiger partial charge in [-0.05, 0) is 63.7 Å². The topological polar surface area (TPSA) is 44.8 Å². The minimum absolute atomic E-state index is 0.183. The lowest BCUT2D eigenvalue weighted by atomic mass is 9.85. The van der Waals surface area contributed by atoms with Crippen molar-refractivity contribution in [2.75, 3.05) is 20.8 Å². The van der Waals surface area contributed by atoms with Crippen LogP contribution in [0.15, 0.2) is 78.9 Å². The third-order valence-electron chi connectivity index (χ3n) is 5.49. The average molecular weight is 427 g/mol. The SMILES string of the molecule is CCOC(=O)Cc1cc2cc(OC)c(OC)cc2c(-c2ccccc2)c1-c1ccccc1. The molecule has 0 radical (unpaired) electrons. The van der Waals surface area contributed by atoms with Gasteiger partial charge in [0.2, 0.25) is 0 Å². The van der Waals surface area contributed by atoms with E-state index in [0.717, 1.165) is 38.6 Å². The molecule has 32 heavy (non-hydrogen) atoms. The van der Waals surface area contributed by atoms with E-state index >= 15 is 0 Å².